The number of rotatable bonds is 14. The summed E-state index contributed by atoms with van der Waals surface area (Å²) in [4.78, 5) is 19.2. The zero-order chi connectivity index (χ0) is 20.0. The largest absolute Gasteiger partial charge is 0.371 e. The highest BCUT2D eigenvalue weighted by Crippen LogP contribution is 2.22. The second kappa shape index (κ2) is 13.6. The number of thioether (sulfide) groups is 1. The molecule has 0 saturated heterocycles. The van der Waals surface area contributed by atoms with Gasteiger partial charge in [0.05, 0.1) is 11.5 Å². The number of hydrogen-bond acceptors (Lipinski definition) is 4. The van der Waals surface area contributed by atoms with Crippen molar-refractivity contribution in [1.82, 2.24) is 0 Å². The van der Waals surface area contributed by atoms with Crippen LogP contribution >= 0.6 is 11.8 Å². The summed E-state index contributed by atoms with van der Waals surface area (Å²) >= 11 is 1.70. The van der Waals surface area contributed by atoms with Gasteiger partial charge in [0.2, 0.25) is 5.91 Å². The lowest BCUT2D eigenvalue weighted by Crippen LogP contribution is -2.26. The Labute approximate surface area is 175 Å². The van der Waals surface area contributed by atoms with Crippen LogP contribution in [0, 0.1) is 0 Å². The number of benzene rings is 1. The normalized spacial score (nSPS) is 13.4. The Hall–Kier alpha value is -1.49. The molecule has 28 heavy (non-hydrogen) atoms. The van der Waals surface area contributed by atoms with E-state index in [0.717, 1.165) is 36.1 Å². The van der Waals surface area contributed by atoms with Crippen molar-refractivity contribution in [3.8, 4) is 0 Å². The first-order chi connectivity index (χ1) is 13.7. The Morgan fingerprint density at radius 2 is 1.79 bits per heavy atom. The molecular weight excluding hydrogens is 366 g/mol. The molecule has 0 spiro atoms. The highest BCUT2D eigenvalue weighted by molar-refractivity contribution is 8.14. The molecule has 1 heterocycles. The van der Waals surface area contributed by atoms with Gasteiger partial charge in [-0.3, -0.25) is 9.79 Å². The summed E-state index contributed by atoms with van der Waals surface area (Å²) in [6.45, 7) is 7.54. The molecule has 0 unspecified atom stereocenters. The topological polar surface area (TPSA) is 44.7 Å². The predicted molar refractivity (Wildman–Crippen MR) is 125 cm³/mol. The van der Waals surface area contributed by atoms with E-state index < -0.39 is 0 Å². The lowest BCUT2D eigenvalue weighted by Gasteiger charge is -2.25. The van der Waals surface area contributed by atoms with Crippen LogP contribution in [0.1, 0.15) is 71.6 Å². The lowest BCUT2D eigenvalue weighted by atomic mass is 10.1. The van der Waals surface area contributed by atoms with Gasteiger partial charge in [0.1, 0.15) is 0 Å². The number of nitrogens with one attached hydrogen (secondary N) is 1. The van der Waals surface area contributed by atoms with Crippen molar-refractivity contribution in [2.24, 2.45) is 4.99 Å². The van der Waals surface area contributed by atoms with Crippen molar-refractivity contribution in [3.63, 3.8) is 0 Å². The van der Waals surface area contributed by atoms with Crippen LogP contribution < -0.4 is 10.2 Å². The molecule has 0 atom stereocenters. The van der Waals surface area contributed by atoms with Crippen LogP contribution in [0.4, 0.5) is 11.4 Å². The molecule has 1 aliphatic heterocycles. The van der Waals surface area contributed by atoms with Crippen LogP contribution in [0.25, 0.3) is 0 Å². The average Bonchev–Trinajstić information content (AvgIpc) is 3.19. The summed E-state index contributed by atoms with van der Waals surface area (Å²) in [5.41, 5.74) is 2.11. The molecule has 0 radical (unpaired) electrons. The first-order valence-electron chi connectivity index (χ1n) is 11.0. The second-order valence-corrected chi connectivity index (χ2v) is 8.68. The summed E-state index contributed by atoms with van der Waals surface area (Å²) in [7, 11) is 0. The molecule has 0 bridgehead atoms. The number of amides is 1. The highest BCUT2D eigenvalue weighted by atomic mass is 32.2. The van der Waals surface area contributed by atoms with Gasteiger partial charge in [-0.05, 0) is 31.0 Å². The summed E-state index contributed by atoms with van der Waals surface area (Å²) in [6, 6.07) is 8.34. The monoisotopic (exact) mass is 403 g/mol. The van der Waals surface area contributed by atoms with Crippen LogP contribution in [0.3, 0.4) is 0 Å². The maximum atomic E-state index is 12.3. The van der Waals surface area contributed by atoms with Gasteiger partial charge in [-0.15, -0.1) is 11.8 Å². The van der Waals surface area contributed by atoms with E-state index in [9.17, 15) is 4.79 Å². The Morgan fingerprint density at radius 3 is 2.39 bits per heavy atom. The fourth-order valence-corrected chi connectivity index (χ4v) is 4.27. The van der Waals surface area contributed by atoms with E-state index in [1.165, 1.54) is 57.1 Å². The van der Waals surface area contributed by atoms with Crippen LogP contribution in [-0.4, -0.2) is 36.3 Å². The zero-order valence-electron chi connectivity index (χ0n) is 17.7. The molecule has 1 N–H and O–H groups in total. The lowest BCUT2D eigenvalue weighted by molar-refractivity contribution is -0.115. The molecule has 156 valence electrons. The third-order valence-electron chi connectivity index (χ3n) is 5.02. The second-order valence-electron chi connectivity index (χ2n) is 7.51. The van der Waals surface area contributed by atoms with Gasteiger partial charge in [0.25, 0.3) is 0 Å². The maximum absolute atomic E-state index is 12.3. The van der Waals surface area contributed by atoms with E-state index in [4.69, 9.17) is 0 Å². The van der Waals surface area contributed by atoms with Crippen LogP contribution in [0.15, 0.2) is 29.3 Å². The minimum atomic E-state index is 0.0303. The van der Waals surface area contributed by atoms with E-state index in [1.807, 2.05) is 6.07 Å². The smallest absolute Gasteiger partial charge is 0.230 e. The standard InChI is InChI=1S/C23H37N3OS/c1-3-5-7-9-15-26(16-10-8-6-4-2)21-13-11-12-20(18-21)25-22(27)19-23-24-14-17-28-23/h11-13,18H,3-10,14-17,19H2,1-2H3,(H,25,27). The number of hydrogen-bond donors (Lipinski definition) is 1. The first kappa shape index (κ1) is 22.8. The summed E-state index contributed by atoms with van der Waals surface area (Å²) in [5.74, 6) is 1.03. The summed E-state index contributed by atoms with van der Waals surface area (Å²) in [5, 5.41) is 4.02. The van der Waals surface area contributed by atoms with Gasteiger partial charge in [0, 0.05) is 36.8 Å². The van der Waals surface area contributed by atoms with E-state index in [1.54, 1.807) is 11.8 Å². The molecule has 1 aromatic rings. The quantitative estimate of drug-likeness (QED) is 0.380. The molecule has 0 fully saturated rings. The average molecular weight is 404 g/mol. The molecule has 2 rings (SSSR count). The Bertz CT molecular complexity index is 606. The molecule has 4 nitrogen and oxygen atoms in total. The van der Waals surface area contributed by atoms with Gasteiger partial charge in [-0.25, -0.2) is 0 Å². The van der Waals surface area contributed by atoms with Gasteiger partial charge in [-0.2, -0.15) is 0 Å². The van der Waals surface area contributed by atoms with E-state index in [-0.39, 0.29) is 5.91 Å². The molecular formula is C23H37N3OS. The molecule has 5 heteroatoms. The summed E-state index contributed by atoms with van der Waals surface area (Å²) < 4.78 is 0. The number of anilines is 2. The third-order valence-corrected chi connectivity index (χ3v) is 6.01. The SMILES string of the molecule is CCCCCCN(CCCCCC)c1cccc(NC(=O)CC2=NCCS2)c1. The number of aliphatic imine (C=N–C) groups is 1. The minimum Gasteiger partial charge on any atom is -0.371 e. The van der Waals surface area contributed by atoms with Crippen molar-refractivity contribution in [2.75, 3.05) is 35.6 Å². The van der Waals surface area contributed by atoms with Crippen molar-refractivity contribution >= 4 is 34.1 Å². The first-order valence-corrected chi connectivity index (χ1v) is 12.0. The summed E-state index contributed by atoms with van der Waals surface area (Å²) in [6.07, 6.45) is 10.6. The minimum absolute atomic E-state index is 0.0303. The molecule has 1 aromatic carbocycles. The molecule has 0 aliphatic carbocycles. The Kier molecular flexibility index (Phi) is 11.1. The molecule has 1 amide bonds. The fraction of sp³-hybridized carbons (Fsp3) is 0.652. The molecule has 0 aromatic heterocycles. The predicted octanol–water partition coefficient (Wildman–Crippen LogP) is 6.13. The van der Waals surface area contributed by atoms with Crippen LogP contribution in [0.2, 0.25) is 0 Å². The van der Waals surface area contributed by atoms with E-state index in [2.05, 4.69) is 47.3 Å². The number of nitrogens with zero attached hydrogens (tertiary/aromatic N) is 2. The Balaban J connectivity index is 1.94. The van der Waals surface area contributed by atoms with Crippen LogP contribution in [-0.2, 0) is 4.79 Å². The third kappa shape index (κ3) is 8.68. The molecule has 1 aliphatic rings. The van der Waals surface area contributed by atoms with E-state index >= 15 is 0 Å². The van der Waals surface area contributed by atoms with Crippen molar-refractivity contribution in [1.29, 1.82) is 0 Å². The van der Waals surface area contributed by atoms with E-state index in [0.29, 0.717) is 6.42 Å². The van der Waals surface area contributed by atoms with Crippen molar-refractivity contribution in [3.05, 3.63) is 24.3 Å². The van der Waals surface area contributed by atoms with Gasteiger partial charge in [-0.1, -0.05) is 58.4 Å². The zero-order valence-corrected chi connectivity index (χ0v) is 18.5. The van der Waals surface area contributed by atoms with Crippen molar-refractivity contribution < 1.29 is 4.79 Å². The fourth-order valence-electron chi connectivity index (χ4n) is 3.44. The maximum Gasteiger partial charge on any atom is 0.230 e. The number of unbranched alkanes of at least 4 members (excludes halogenated alkanes) is 6. The highest BCUT2D eigenvalue weighted by Gasteiger charge is 2.13. The van der Waals surface area contributed by atoms with Gasteiger partial charge >= 0.3 is 0 Å². The number of carbonyl (C=O) groups excluding carboxylic acids is 1. The van der Waals surface area contributed by atoms with Crippen LogP contribution in [0.5, 0.6) is 0 Å². The van der Waals surface area contributed by atoms with Crippen molar-refractivity contribution in [2.45, 2.75) is 71.6 Å². The van der Waals surface area contributed by atoms with Gasteiger partial charge in [0.15, 0.2) is 0 Å². The Morgan fingerprint density at radius 1 is 1.07 bits per heavy atom. The molecule has 0 saturated carbocycles. The van der Waals surface area contributed by atoms with Gasteiger partial charge < -0.3 is 10.2 Å². The number of carbonyl (C=O) groups is 1.